The molecule has 0 aromatic heterocycles. The van der Waals surface area contributed by atoms with E-state index in [4.69, 9.17) is 4.52 Å². The molecule has 0 saturated heterocycles. The van der Waals surface area contributed by atoms with Gasteiger partial charge in [0.15, 0.2) is 28.9 Å². The fourth-order valence-corrected chi connectivity index (χ4v) is 28.5. The summed E-state index contributed by atoms with van der Waals surface area (Å²) < 4.78 is 17.6. The SMILES string of the molecule is CC(=O)/C(C)=C/C1=CCC2C(C)(C)CCC[C@]2(C)[C@H]1C=O.CC(=O)/C=C/C1=CCC2C(C)(C)CCC[C@]2(C)[C@@H]1C=O.CC(=O)/C=C/C1=CCC2C(C)(C)CCC[C@]2(C)[C@H]1C=O.CC(=O)/C=C/C1=CCC2C(C)(C)CCC[C@]2(C)[C@H]1C=O.CC(=O)/C=C/C1=CCC2C(C)(C)CCC[C@]2(C)[C@H]1C=O.CCOP(C)(=O)/C=C/C1=CCC2C(C)(C)CCC[C@]2(C)[C@H]1C=O. The summed E-state index contributed by atoms with van der Waals surface area (Å²) >= 11 is 0. The molecular formula is C110H163O13P. The van der Waals surface area contributed by atoms with Crippen LogP contribution in [0.15, 0.2) is 142 Å². The number of hydrogen-bond donors (Lipinski definition) is 0. The summed E-state index contributed by atoms with van der Waals surface area (Å²) in [5, 5.41) is 0. The summed E-state index contributed by atoms with van der Waals surface area (Å²) in [6.07, 6.45) is 64.5. The Hall–Kier alpha value is -6.56. The molecule has 13 nitrogen and oxygen atoms in total. The number of carbonyl (C=O) groups excluding carboxylic acids is 11. The van der Waals surface area contributed by atoms with Crippen molar-refractivity contribution in [1.82, 2.24) is 0 Å². The molecule has 0 aliphatic heterocycles. The van der Waals surface area contributed by atoms with Gasteiger partial charge in [0.1, 0.15) is 37.7 Å². The van der Waals surface area contributed by atoms with Gasteiger partial charge in [-0.2, -0.15) is 0 Å². The Morgan fingerprint density at radius 1 is 0.315 bits per heavy atom. The molecule has 124 heavy (non-hydrogen) atoms. The third kappa shape index (κ3) is 23.5. The van der Waals surface area contributed by atoms with Crippen molar-refractivity contribution in [3.63, 3.8) is 0 Å². The smallest absolute Gasteiger partial charge is 0.222 e. The zero-order valence-corrected chi connectivity index (χ0v) is 82.5. The number of hydrogen-bond acceptors (Lipinski definition) is 13. The van der Waals surface area contributed by atoms with Crippen LogP contribution in [0.3, 0.4) is 0 Å². The van der Waals surface area contributed by atoms with E-state index in [0.717, 1.165) is 154 Å². The van der Waals surface area contributed by atoms with Crippen molar-refractivity contribution in [2.45, 2.75) is 327 Å². The molecule has 0 spiro atoms. The van der Waals surface area contributed by atoms with E-state index in [2.05, 4.69) is 161 Å². The van der Waals surface area contributed by atoms with Crippen LogP contribution in [0.25, 0.3) is 0 Å². The maximum Gasteiger partial charge on any atom is 0.222 e. The number of rotatable bonds is 20. The van der Waals surface area contributed by atoms with E-state index >= 15 is 0 Å². The van der Waals surface area contributed by atoms with Crippen molar-refractivity contribution in [1.29, 1.82) is 0 Å². The van der Waals surface area contributed by atoms with Crippen LogP contribution in [0.5, 0.6) is 0 Å². The summed E-state index contributed by atoms with van der Waals surface area (Å²) in [4.78, 5) is 127. The van der Waals surface area contributed by atoms with Gasteiger partial charge in [-0.3, -0.25) is 28.5 Å². The third-order valence-electron chi connectivity index (χ3n) is 34.3. The van der Waals surface area contributed by atoms with E-state index < -0.39 is 7.37 Å². The van der Waals surface area contributed by atoms with Gasteiger partial charge in [-0.05, 0) is 328 Å². The molecule has 12 aliphatic carbocycles. The quantitative estimate of drug-likeness (QED) is 0.0631. The maximum absolute atomic E-state index is 12.3. The normalized spacial score (nSPS) is 36.2. The van der Waals surface area contributed by atoms with Gasteiger partial charge < -0.3 is 33.3 Å². The van der Waals surface area contributed by atoms with E-state index in [1.165, 1.54) is 77.0 Å². The van der Waals surface area contributed by atoms with Crippen LogP contribution in [-0.4, -0.2) is 79.9 Å². The first-order valence-corrected chi connectivity index (χ1v) is 49.5. The van der Waals surface area contributed by atoms with Gasteiger partial charge in [-0.25, -0.2) is 0 Å². The molecule has 0 amide bonds. The first-order chi connectivity index (χ1) is 57.6. The Labute approximate surface area is 749 Å². The highest BCUT2D eigenvalue weighted by molar-refractivity contribution is 7.61. The van der Waals surface area contributed by atoms with Crippen LogP contribution in [0.4, 0.5) is 0 Å². The maximum atomic E-state index is 12.3. The summed E-state index contributed by atoms with van der Waals surface area (Å²) in [7, 11) is -2.72. The number of Topliss-reactive ketones (excluding diaryl/α,β-unsaturated/α-hetero) is 1. The minimum absolute atomic E-state index is 0.00126. The monoisotopic (exact) mass is 1720 g/mol. The van der Waals surface area contributed by atoms with Crippen LogP contribution in [0, 0.1) is 136 Å². The topological polar surface area (TPSA) is 214 Å². The first-order valence-electron chi connectivity index (χ1n) is 47.4. The van der Waals surface area contributed by atoms with E-state index in [1.54, 1.807) is 71.4 Å². The molecule has 19 atom stereocenters. The van der Waals surface area contributed by atoms with E-state index in [0.29, 0.717) is 63.8 Å². The molecule has 12 aliphatic rings. The van der Waals surface area contributed by atoms with Crippen molar-refractivity contribution in [2.75, 3.05) is 13.3 Å². The molecule has 0 aromatic rings. The highest BCUT2D eigenvalue weighted by Gasteiger charge is 2.59. The fourth-order valence-electron chi connectivity index (χ4n) is 27.5. The summed E-state index contributed by atoms with van der Waals surface area (Å²) in [5.74, 6) is 4.67. The Morgan fingerprint density at radius 3 is 0.677 bits per heavy atom. The van der Waals surface area contributed by atoms with Crippen LogP contribution >= 0.6 is 7.37 Å². The van der Waals surface area contributed by atoms with Gasteiger partial charge in [0.05, 0.1) is 6.61 Å². The molecule has 6 fully saturated rings. The molecule has 12 rings (SSSR count). The number of ketones is 5. The molecule has 7 unspecified atom stereocenters. The predicted octanol–water partition coefficient (Wildman–Crippen LogP) is 26.4. The second kappa shape index (κ2) is 41.9. The second-order valence-electron chi connectivity index (χ2n) is 45.5. The molecule has 6 saturated carbocycles. The van der Waals surface area contributed by atoms with E-state index in [9.17, 15) is 57.3 Å². The van der Waals surface area contributed by atoms with Crippen LogP contribution in [-0.2, 0) is 61.8 Å². The van der Waals surface area contributed by atoms with Crippen LogP contribution in [0.2, 0.25) is 0 Å². The van der Waals surface area contributed by atoms with Gasteiger partial charge in [-0.15, -0.1) is 0 Å². The van der Waals surface area contributed by atoms with Crippen molar-refractivity contribution in [3.8, 4) is 0 Å². The number of allylic oxidation sites excluding steroid dienone is 23. The Kier molecular flexibility index (Phi) is 35.3. The fraction of sp³-hybridized carbons (Fsp3) is 0.682. The summed E-state index contributed by atoms with van der Waals surface area (Å²) in [6, 6.07) is 0. The molecule has 686 valence electrons. The standard InChI is InChI=1S/C19H31O3P.C19H28O2.4C18H26O2/c1-6-22-23(5,21)13-10-15-8-9-17-18(2,3)11-7-12-19(17,4)16(15)14-20;1-13(14(2)21)11-15-7-8-17-18(3,4)9-6-10-19(17,5)16(15)12-20;4*1-13(20)6-7-14-8-9-16-17(2,3)10-5-11-18(16,4)15(14)12-19/h8,10,13-14,16-17H,6-7,9,11-12H2,1-5H3;7,11-12,16-17H,6,8-10H2,1-5H3;4*6-8,12,15-16H,5,9-11H2,1-4H3/b13-10+;13-11+;4*7-6+/t16-,17?,19+,23?;16-,17?,19+;3*15-,16?,18+;15-,16?,18-/m000001/s1. The molecular weight excluding hydrogens is 1560 g/mol. The third-order valence-corrected chi connectivity index (χ3v) is 35.8. The van der Waals surface area contributed by atoms with E-state index in [1.807, 2.05) is 50.3 Å². The zero-order valence-electron chi connectivity index (χ0n) is 81.6. The molecule has 0 radical (unpaired) electrons. The second-order valence-corrected chi connectivity index (χ2v) is 47.9. The van der Waals surface area contributed by atoms with Crippen molar-refractivity contribution in [3.05, 3.63) is 142 Å². The number of aldehydes is 6. The zero-order chi connectivity index (χ0) is 93.0. The number of carbonyl (C=O) groups is 11. The molecule has 0 bridgehead atoms. The average molecular weight is 1720 g/mol. The molecule has 0 aromatic carbocycles. The molecule has 14 heteroatoms. The van der Waals surface area contributed by atoms with E-state index in [-0.39, 0.29) is 108 Å². The van der Waals surface area contributed by atoms with Gasteiger partial charge in [-0.1, -0.05) is 236 Å². The lowest BCUT2D eigenvalue weighted by Crippen LogP contribution is -2.49. The van der Waals surface area contributed by atoms with Crippen LogP contribution < -0.4 is 0 Å². The Morgan fingerprint density at radius 2 is 0.500 bits per heavy atom. The van der Waals surface area contributed by atoms with Gasteiger partial charge in [0, 0.05) is 48.0 Å². The highest BCUT2D eigenvalue weighted by Crippen LogP contribution is 2.66. The lowest BCUT2D eigenvalue weighted by Gasteiger charge is -2.55. The first kappa shape index (κ1) is 104. The largest absolute Gasteiger partial charge is 0.326 e. The van der Waals surface area contributed by atoms with Crippen molar-refractivity contribution < 1.29 is 61.8 Å². The van der Waals surface area contributed by atoms with Crippen LogP contribution in [0.1, 0.15) is 327 Å². The van der Waals surface area contributed by atoms with Gasteiger partial charge >= 0.3 is 0 Å². The highest BCUT2D eigenvalue weighted by atomic mass is 31.2. The summed E-state index contributed by atoms with van der Waals surface area (Å²) in [6.45, 7) is 55.2. The molecule has 0 N–H and O–H groups in total. The van der Waals surface area contributed by atoms with Gasteiger partial charge in [0.25, 0.3) is 0 Å². The van der Waals surface area contributed by atoms with Gasteiger partial charge in [0.2, 0.25) is 7.37 Å². The molecule has 0 heterocycles. The summed E-state index contributed by atoms with van der Waals surface area (Å²) in [5.41, 5.74) is 8.84. The minimum atomic E-state index is -2.72. The van der Waals surface area contributed by atoms with Crippen molar-refractivity contribution >= 4 is 74.0 Å². The Balaban J connectivity index is 0.000000205. The predicted molar refractivity (Wildman–Crippen MR) is 507 cm³/mol. The minimum Gasteiger partial charge on any atom is -0.326 e. The van der Waals surface area contributed by atoms with Crippen molar-refractivity contribution in [2.24, 2.45) is 136 Å². The lowest BCUT2D eigenvalue weighted by molar-refractivity contribution is -0.120. The average Bonchev–Trinajstić information content (AvgIpc) is 0.777. The lowest BCUT2D eigenvalue weighted by atomic mass is 9.49. The Bertz CT molecular complexity index is 4010. The number of fused-ring (bicyclic) bond motifs is 6.